The van der Waals surface area contributed by atoms with Crippen LogP contribution in [0.5, 0.6) is 5.75 Å². The van der Waals surface area contributed by atoms with Gasteiger partial charge in [-0.2, -0.15) is 0 Å². The lowest BCUT2D eigenvalue weighted by Crippen LogP contribution is -2.36. The zero-order valence-corrected chi connectivity index (χ0v) is 9.43. The minimum Gasteiger partial charge on any atom is -0.508 e. The molecule has 0 saturated heterocycles. The molecule has 0 radical (unpaired) electrons. The van der Waals surface area contributed by atoms with Gasteiger partial charge in [-0.1, -0.05) is 24.1 Å². The van der Waals surface area contributed by atoms with Gasteiger partial charge in [0.05, 0.1) is 0 Å². The van der Waals surface area contributed by atoms with Crippen molar-refractivity contribution >= 4 is 11.6 Å². The van der Waals surface area contributed by atoms with Gasteiger partial charge < -0.3 is 10.8 Å². The molecule has 15 heavy (non-hydrogen) atoms. The first kappa shape index (κ1) is 10.8. The first-order valence-corrected chi connectivity index (χ1v) is 5.75. The summed E-state index contributed by atoms with van der Waals surface area (Å²) < 4.78 is 0. The largest absolute Gasteiger partial charge is 0.508 e. The van der Waals surface area contributed by atoms with Crippen molar-refractivity contribution in [3.63, 3.8) is 0 Å². The van der Waals surface area contributed by atoms with Crippen LogP contribution in [0.25, 0.3) is 0 Å². The summed E-state index contributed by atoms with van der Waals surface area (Å²) in [4.78, 5) is 0. The number of aromatic hydroxyl groups is 1. The van der Waals surface area contributed by atoms with Crippen molar-refractivity contribution in [2.75, 3.05) is 6.54 Å². The van der Waals surface area contributed by atoms with Crippen molar-refractivity contribution in [2.45, 2.75) is 31.1 Å². The summed E-state index contributed by atoms with van der Waals surface area (Å²) in [5, 5.41) is 10.5. The van der Waals surface area contributed by atoms with Crippen molar-refractivity contribution in [3.05, 3.63) is 28.8 Å². The van der Waals surface area contributed by atoms with Gasteiger partial charge in [-0.05, 0) is 37.9 Å². The number of halogens is 1. The Morgan fingerprint density at radius 1 is 1.40 bits per heavy atom. The average Bonchev–Trinajstić information content (AvgIpc) is 2.12. The number of phenols is 1. The third kappa shape index (κ3) is 1.84. The highest BCUT2D eigenvalue weighted by Gasteiger charge is 2.39. The number of rotatable bonds is 3. The lowest BCUT2D eigenvalue weighted by Gasteiger charge is -2.42. The summed E-state index contributed by atoms with van der Waals surface area (Å²) in [7, 11) is 0. The molecule has 1 fully saturated rings. The Labute approximate surface area is 95.1 Å². The topological polar surface area (TPSA) is 46.2 Å². The van der Waals surface area contributed by atoms with Crippen molar-refractivity contribution in [1.82, 2.24) is 0 Å². The second kappa shape index (κ2) is 4.03. The van der Waals surface area contributed by atoms with Gasteiger partial charge in [0.15, 0.2) is 0 Å². The van der Waals surface area contributed by atoms with E-state index in [4.69, 9.17) is 17.3 Å². The van der Waals surface area contributed by atoms with Gasteiger partial charge >= 0.3 is 0 Å². The summed E-state index contributed by atoms with van der Waals surface area (Å²) in [5.41, 5.74) is 6.77. The molecule has 0 aliphatic heterocycles. The second-order valence-corrected chi connectivity index (χ2v) is 4.77. The van der Waals surface area contributed by atoms with E-state index in [1.807, 2.05) is 12.1 Å². The lowest BCUT2D eigenvalue weighted by molar-refractivity contribution is 0.222. The van der Waals surface area contributed by atoms with Crippen LogP contribution in [0.1, 0.15) is 31.2 Å². The first-order chi connectivity index (χ1) is 7.18. The molecule has 2 nitrogen and oxygen atoms in total. The molecule has 0 spiro atoms. The van der Waals surface area contributed by atoms with Crippen LogP contribution in [0.15, 0.2) is 18.2 Å². The van der Waals surface area contributed by atoms with Crippen molar-refractivity contribution in [3.8, 4) is 5.75 Å². The van der Waals surface area contributed by atoms with Crippen molar-refractivity contribution < 1.29 is 5.11 Å². The number of phenolic OH excluding ortho intramolecular Hbond substituents is 1. The summed E-state index contributed by atoms with van der Waals surface area (Å²) in [6.45, 7) is 0.669. The molecule has 0 heterocycles. The predicted octanol–water partition coefficient (Wildman–Crippen LogP) is 2.82. The highest BCUT2D eigenvalue weighted by atomic mass is 35.5. The van der Waals surface area contributed by atoms with E-state index in [-0.39, 0.29) is 5.41 Å². The fourth-order valence-corrected chi connectivity index (χ4v) is 2.65. The molecule has 1 aliphatic carbocycles. The molecule has 1 aromatic rings. The molecule has 0 aromatic heterocycles. The minimum absolute atomic E-state index is 0.115. The monoisotopic (exact) mass is 225 g/mol. The maximum atomic E-state index is 9.89. The summed E-state index contributed by atoms with van der Waals surface area (Å²) >= 11 is 5.82. The van der Waals surface area contributed by atoms with Gasteiger partial charge in [0.1, 0.15) is 5.75 Å². The fraction of sp³-hybridized carbons (Fsp3) is 0.500. The van der Waals surface area contributed by atoms with E-state index >= 15 is 0 Å². The normalized spacial score (nSPS) is 18.5. The van der Waals surface area contributed by atoms with Gasteiger partial charge in [-0.15, -0.1) is 0 Å². The standard InChI is InChI=1S/C12H16ClNO/c13-9-2-3-10(11(15)8-9)12(6-7-14)4-1-5-12/h2-3,8,15H,1,4-7,14H2. The maximum Gasteiger partial charge on any atom is 0.120 e. The van der Waals surface area contributed by atoms with Gasteiger partial charge in [0.2, 0.25) is 0 Å². The van der Waals surface area contributed by atoms with Crippen LogP contribution in [-0.2, 0) is 5.41 Å². The molecule has 2 rings (SSSR count). The van der Waals surface area contributed by atoms with E-state index in [9.17, 15) is 5.11 Å². The zero-order valence-electron chi connectivity index (χ0n) is 8.67. The molecule has 82 valence electrons. The Hall–Kier alpha value is -0.730. The van der Waals surface area contributed by atoms with Crippen molar-refractivity contribution in [1.29, 1.82) is 0 Å². The molecule has 1 saturated carbocycles. The Bertz CT molecular complexity index is 361. The van der Waals surface area contributed by atoms with E-state index < -0.39 is 0 Å². The average molecular weight is 226 g/mol. The van der Waals surface area contributed by atoms with Crippen LogP contribution in [0, 0.1) is 0 Å². The second-order valence-electron chi connectivity index (χ2n) is 4.33. The molecule has 0 atom stereocenters. The third-order valence-corrected chi connectivity index (χ3v) is 3.70. The molecule has 0 unspecified atom stereocenters. The van der Waals surface area contributed by atoms with Crippen LogP contribution in [-0.4, -0.2) is 11.7 Å². The number of nitrogens with two attached hydrogens (primary N) is 1. The summed E-state index contributed by atoms with van der Waals surface area (Å²) in [5.74, 6) is 0.315. The van der Waals surface area contributed by atoms with Gasteiger partial charge in [-0.25, -0.2) is 0 Å². The molecule has 3 heteroatoms. The van der Waals surface area contributed by atoms with Crippen LogP contribution >= 0.6 is 11.6 Å². The Morgan fingerprint density at radius 3 is 2.60 bits per heavy atom. The molecule has 1 aromatic carbocycles. The van der Waals surface area contributed by atoms with Gasteiger partial charge in [0, 0.05) is 16.0 Å². The number of benzene rings is 1. The van der Waals surface area contributed by atoms with E-state index in [1.165, 1.54) is 6.42 Å². The highest BCUT2D eigenvalue weighted by Crippen LogP contribution is 2.49. The molecular weight excluding hydrogens is 210 g/mol. The molecular formula is C12H16ClNO. The van der Waals surface area contributed by atoms with Crippen LogP contribution in [0.2, 0.25) is 5.02 Å². The zero-order chi connectivity index (χ0) is 10.9. The SMILES string of the molecule is NCCC1(c2ccc(Cl)cc2O)CCC1. The van der Waals surface area contributed by atoms with Crippen LogP contribution < -0.4 is 5.73 Å². The van der Waals surface area contributed by atoms with E-state index in [1.54, 1.807) is 6.07 Å². The molecule has 1 aliphatic rings. The Balaban J connectivity index is 2.34. The van der Waals surface area contributed by atoms with Crippen molar-refractivity contribution in [2.24, 2.45) is 5.73 Å². The first-order valence-electron chi connectivity index (χ1n) is 5.37. The third-order valence-electron chi connectivity index (χ3n) is 3.46. The highest BCUT2D eigenvalue weighted by molar-refractivity contribution is 6.30. The minimum atomic E-state index is 0.115. The van der Waals surface area contributed by atoms with Gasteiger partial charge in [0.25, 0.3) is 0 Å². The summed E-state index contributed by atoms with van der Waals surface area (Å²) in [6.07, 6.45) is 4.42. The van der Waals surface area contributed by atoms with Crippen LogP contribution in [0.4, 0.5) is 0 Å². The molecule has 0 amide bonds. The van der Waals surface area contributed by atoms with Gasteiger partial charge in [-0.3, -0.25) is 0 Å². The smallest absolute Gasteiger partial charge is 0.120 e. The lowest BCUT2D eigenvalue weighted by atomic mass is 9.62. The van der Waals surface area contributed by atoms with E-state index in [2.05, 4.69) is 0 Å². The van der Waals surface area contributed by atoms with Crippen LogP contribution in [0.3, 0.4) is 0 Å². The number of hydrogen-bond acceptors (Lipinski definition) is 2. The Morgan fingerprint density at radius 2 is 2.13 bits per heavy atom. The number of hydrogen-bond donors (Lipinski definition) is 2. The van der Waals surface area contributed by atoms with E-state index in [0.29, 0.717) is 17.3 Å². The molecule has 3 N–H and O–H groups in total. The summed E-state index contributed by atoms with van der Waals surface area (Å²) in [6, 6.07) is 5.40. The maximum absolute atomic E-state index is 9.89. The van der Waals surface area contributed by atoms with E-state index in [0.717, 1.165) is 24.8 Å². The Kier molecular flexibility index (Phi) is 2.89. The molecule has 0 bridgehead atoms. The predicted molar refractivity (Wildman–Crippen MR) is 62.3 cm³/mol. The fourth-order valence-electron chi connectivity index (χ4n) is 2.49. The quantitative estimate of drug-likeness (QED) is 0.831.